The van der Waals surface area contributed by atoms with Crippen LogP contribution < -0.4 is 11.1 Å². The van der Waals surface area contributed by atoms with Gasteiger partial charge in [0.1, 0.15) is 11.6 Å². The van der Waals surface area contributed by atoms with Gasteiger partial charge in [-0.1, -0.05) is 0 Å². The van der Waals surface area contributed by atoms with Gasteiger partial charge in [-0.15, -0.1) is 0 Å². The Balaban J connectivity index is 1.90. The topological polar surface area (TPSA) is 71.2 Å². The number of rotatable bonds is 2. The van der Waals surface area contributed by atoms with Gasteiger partial charge in [-0.2, -0.15) is 0 Å². The molecule has 2 aromatic rings. The highest BCUT2D eigenvalue weighted by molar-refractivity contribution is 6.00. The molecular weight excluding hydrogens is 319 g/mol. The zero-order chi connectivity index (χ0) is 17.9. The lowest BCUT2D eigenvalue weighted by molar-refractivity contribution is 0.0824. The number of carbonyl (C=O) groups is 1. The number of hydrogen-bond donors (Lipinski definition) is 2. The third-order valence-electron chi connectivity index (χ3n) is 5.40. The molecule has 1 spiro atoms. The molecule has 5 nitrogen and oxygen atoms in total. The van der Waals surface area contributed by atoms with Crippen molar-refractivity contribution in [3.05, 3.63) is 40.8 Å². The number of pyridine rings is 1. The molecule has 0 saturated heterocycles. The molecule has 1 aliphatic carbocycles. The quantitative estimate of drug-likeness (QED) is 0.825. The number of anilines is 2. The van der Waals surface area contributed by atoms with Crippen LogP contribution in [-0.4, -0.2) is 36.4 Å². The summed E-state index contributed by atoms with van der Waals surface area (Å²) in [5.41, 5.74) is 9.42. The molecule has 25 heavy (non-hydrogen) atoms. The number of nitrogens with one attached hydrogen (secondary N) is 1. The lowest BCUT2D eigenvalue weighted by Crippen LogP contribution is -2.24. The smallest absolute Gasteiger partial charge is 0.258 e. The normalized spacial score (nSPS) is 16.5. The number of aromatic nitrogens is 1. The fourth-order valence-electron chi connectivity index (χ4n) is 3.82. The highest BCUT2D eigenvalue weighted by atomic mass is 19.1. The number of nitrogen functional groups attached to an aromatic ring is 1. The third-order valence-corrected chi connectivity index (χ3v) is 5.40. The first-order valence-electron chi connectivity index (χ1n) is 8.40. The minimum absolute atomic E-state index is 0.0818. The minimum atomic E-state index is -0.584. The summed E-state index contributed by atoms with van der Waals surface area (Å²) in [5.74, 6) is -0.123. The number of halogens is 1. The molecule has 0 atom stereocenters. The number of carbonyl (C=O) groups excluding carboxylic acids is 1. The second-order valence-electron chi connectivity index (χ2n) is 7.25. The van der Waals surface area contributed by atoms with E-state index >= 15 is 4.39 Å². The van der Waals surface area contributed by atoms with Gasteiger partial charge < -0.3 is 16.0 Å². The van der Waals surface area contributed by atoms with Crippen molar-refractivity contribution >= 4 is 17.4 Å². The van der Waals surface area contributed by atoms with Crippen LogP contribution in [0.4, 0.5) is 15.9 Å². The van der Waals surface area contributed by atoms with Crippen LogP contribution >= 0.6 is 0 Å². The molecule has 0 bridgehead atoms. The van der Waals surface area contributed by atoms with Crippen molar-refractivity contribution in [2.24, 2.45) is 0 Å². The van der Waals surface area contributed by atoms with Crippen molar-refractivity contribution in [3.63, 3.8) is 0 Å². The van der Waals surface area contributed by atoms with E-state index in [4.69, 9.17) is 5.73 Å². The van der Waals surface area contributed by atoms with Crippen LogP contribution in [0.2, 0.25) is 0 Å². The molecule has 1 aromatic heterocycles. The first-order valence-corrected chi connectivity index (χ1v) is 8.40. The average molecular weight is 340 g/mol. The number of benzene rings is 1. The van der Waals surface area contributed by atoms with E-state index in [2.05, 4.69) is 10.3 Å². The minimum Gasteiger partial charge on any atom is -0.398 e. The summed E-state index contributed by atoms with van der Waals surface area (Å²) >= 11 is 0. The summed E-state index contributed by atoms with van der Waals surface area (Å²) < 4.78 is 15.2. The summed E-state index contributed by atoms with van der Waals surface area (Å²) in [4.78, 5) is 18.2. The second-order valence-corrected chi connectivity index (χ2v) is 7.25. The van der Waals surface area contributed by atoms with E-state index < -0.39 is 11.7 Å². The molecule has 1 amide bonds. The standard InChI is InChI=1S/C19H21FN4O/c1-10-12(8-22-17-15(10)19(6-7-19)9-23-17)11-4-5-13(21)14(16(11)20)18(25)24(2)3/h4-5,8H,6-7,9,21H2,1-3H3,(H,22,23). The van der Waals surface area contributed by atoms with Gasteiger partial charge >= 0.3 is 0 Å². The van der Waals surface area contributed by atoms with Gasteiger partial charge in [0.05, 0.1) is 5.56 Å². The van der Waals surface area contributed by atoms with Gasteiger partial charge in [0.15, 0.2) is 0 Å². The Hall–Kier alpha value is -2.63. The van der Waals surface area contributed by atoms with Crippen molar-refractivity contribution in [1.29, 1.82) is 0 Å². The molecule has 3 N–H and O–H groups in total. The fraction of sp³-hybridized carbons (Fsp3) is 0.368. The summed E-state index contributed by atoms with van der Waals surface area (Å²) in [6.45, 7) is 2.90. The largest absolute Gasteiger partial charge is 0.398 e. The average Bonchev–Trinajstić information content (AvgIpc) is 3.24. The Bertz CT molecular complexity index is 903. The summed E-state index contributed by atoms with van der Waals surface area (Å²) in [5, 5.41) is 3.36. The first kappa shape index (κ1) is 15.9. The maximum Gasteiger partial charge on any atom is 0.258 e. The van der Waals surface area contributed by atoms with E-state index in [0.717, 1.165) is 36.3 Å². The highest BCUT2D eigenvalue weighted by Gasteiger charge is 2.50. The Morgan fingerprint density at radius 3 is 2.68 bits per heavy atom. The number of fused-ring (bicyclic) bond motifs is 2. The molecule has 2 aliphatic rings. The highest BCUT2D eigenvalue weighted by Crippen LogP contribution is 2.55. The molecule has 6 heteroatoms. The monoisotopic (exact) mass is 340 g/mol. The van der Waals surface area contributed by atoms with Crippen LogP contribution in [0.25, 0.3) is 11.1 Å². The Morgan fingerprint density at radius 2 is 2.04 bits per heavy atom. The molecule has 1 aromatic carbocycles. The first-order chi connectivity index (χ1) is 11.9. The maximum atomic E-state index is 15.2. The zero-order valence-corrected chi connectivity index (χ0v) is 14.6. The van der Waals surface area contributed by atoms with Gasteiger partial charge in [-0.25, -0.2) is 9.37 Å². The van der Waals surface area contributed by atoms with E-state index in [1.54, 1.807) is 32.4 Å². The number of hydrogen-bond acceptors (Lipinski definition) is 4. The molecule has 2 heterocycles. The fourth-order valence-corrected chi connectivity index (χ4v) is 3.82. The predicted molar refractivity (Wildman–Crippen MR) is 96.2 cm³/mol. The van der Waals surface area contributed by atoms with Crippen LogP contribution in [0.5, 0.6) is 0 Å². The Kier molecular flexibility index (Phi) is 3.29. The molecule has 130 valence electrons. The van der Waals surface area contributed by atoms with Crippen LogP contribution in [0.15, 0.2) is 18.3 Å². The lowest BCUT2D eigenvalue weighted by atomic mass is 9.90. The maximum absolute atomic E-state index is 15.2. The SMILES string of the molecule is Cc1c(-c2ccc(N)c(C(=O)N(C)C)c2F)cnc2c1C1(CC1)CN2. The van der Waals surface area contributed by atoms with Gasteiger partial charge in [-0.3, -0.25) is 4.79 Å². The summed E-state index contributed by atoms with van der Waals surface area (Å²) in [7, 11) is 3.16. The van der Waals surface area contributed by atoms with Crippen LogP contribution in [0.1, 0.15) is 34.3 Å². The molecule has 0 radical (unpaired) electrons. The van der Waals surface area contributed by atoms with E-state index in [0.29, 0.717) is 5.56 Å². The molecule has 0 unspecified atom stereocenters. The van der Waals surface area contributed by atoms with Gasteiger partial charge in [0.25, 0.3) is 5.91 Å². The number of nitrogens with zero attached hydrogens (tertiary/aromatic N) is 2. The molecular formula is C19H21FN4O. The Labute approximate surface area is 146 Å². The van der Waals surface area contributed by atoms with Crippen LogP contribution in [-0.2, 0) is 5.41 Å². The van der Waals surface area contributed by atoms with E-state index in [1.807, 2.05) is 6.92 Å². The van der Waals surface area contributed by atoms with Gasteiger partial charge in [0, 0.05) is 54.6 Å². The van der Waals surface area contributed by atoms with E-state index in [1.165, 1.54) is 10.5 Å². The second kappa shape index (κ2) is 5.18. The van der Waals surface area contributed by atoms with Crippen LogP contribution in [0.3, 0.4) is 0 Å². The van der Waals surface area contributed by atoms with Crippen molar-refractivity contribution in [2.45, 2.75) is 25.2 Å². The van der Waals surface area contributed by atoms with E-state index in [9.17, 15) is 4.79 Å². The number of amides is 1. The third kappa shape index (κ3) is 2.20. The molecule has 4 rings (SSSR count). The Morgan fingerprint density at radius 1 is 1.32 bits per heavy atom. The van der Waals surface area contributed by atoms with Crippen LogP contribution in [0, 0.1) is 12.7 Å². The van der Waals surface area contributed by atoms with Crippen molar-refractivity contribution in [1.82, 2.24) is 9.88 Å². The lowest BCUT2D eigenvalue weighted by Gasteiger charge is -2.18. The van der Waals surface area contributed by atoms with Crippen molar-refractivity contribution in [3.8, 4) is 11.1 Å². The summed E-state index contributed by atoms with van der Waals surface area (Å²) in [6.07, 6.45) is 3.95. The van der Waals surface area contributed by atoms with Crippen molar-refractivity contribution in [2.75, 3.05) is 31.7 Å². The summed E-state index contributed by atoms with van der Waals surface area (Å²) in [6, 6.07) is 3.22. The molecule has 1 saturated carbocycles. The predicted octanol–water partition coefficient (Wildman–Crippen LogP) is 2.94. The van der Waals surface area contributed by atoms with Gasteiger partial charge in [-0.05, 0) is 37.5 Å². The number of nitrogens with two attached hydrogens (primary N) is 1. The van der Waals surface area contributed by atoms with E-state index in [-0.39, 0.29) is 16.7 Å². The van der Waals surface area contributed by atoms with Crippen molar-refractivity contribution < 1.29 is 9.18 Å². The van der Waals surface area contributed by atoms with Gasteiger partial charge in [0.2, 0.25) is 0 Å². The zero-order valence-electron chi connectivity index (χ0n) is 14.6. The molecule has 1 aliphatic heterocycles. The molecule has 1 fully saturated rings.